The molecule has 168 valence electrons. The van der Waals surface area contributed by atoms with E-state index in [0.717, 1.165) is 5.56 Å². The number of nitrogen functional groups attached to an aromatic ring is 1. The maximum absolute atomic E-state index is 13.2. The Morgan fingerprint density at radius 1 is 0.971 bits per heavy atom. The molecule has 5 rings (SSSR count). The Kier molecular flexibility index (Phi) is 5.70. The maximum atomic E-state index is 13.2. The number of hydrogen-bond donors (Lipinski definition) is 2. The number of para-hydroxylation sites is 2. The second-order valence-corrected chi connectivity index (χ2v) is 7.74. The van der Waals surface area contributed by atoms with Crippen molar-refractivity contribution in [2.24, 2.45) is 5.10 Å². The van der Waals surface area contributed by atoms with Crippen molar-refractivity contribution in [3.05, 3.63) is 101 Å². The molecule has 0 bridgehead atoms. The van der Waals surface area contributed by atoms with Gasteiger partial charge in [0.05, 0.1) is 17.2 Å². The van der Waals surface area contributed by atoms with E-state index >= 15 is 0 Å². The molecule has 0 atom stereocenters. The highest BCUT2D eigenvalue weighted by Gasteiger charge is 2.23. The number of fused-ring (bicyclic) bond motifs is 2. The van der Waals surface area contributed by atoms with Crippen molar-refractivity contribution in [3.8, 4) is 0 Å². The number of nitrogens with two attached hydrogens (primary N) is 1. The van der Waals surface area contributed by atoms with E-state index in [-0.39, 0.29) is 23.1 Å². The fraction of sp³-hybridized carbons (Fsp3) is 0.0769. The average Bonchev–Trinajstić information content (AvgIpc) is 3.13. The molecular weight excluding hydrogens is 431 g/mol. The first-order chi connectivity index (χ1) is 16.6. The minimum atomic E-state index is -0.348. The van der Waals surface area contributed by atoms with Gasteiger partial charge in [-0.1, -0.05) is 54.6 Å². The van der Waals surface area contributed by atoms with Crippen LogP contribution in [-0.2, 0) is 6.42 Å². The lowest BCUT2D eigenvalue weighted by atomic mass is 10.1. The monoisotopic (exact) mass is 452 g/mol. The van der Waals surface area contributed by atoms with Gasteiger partial charge >= 0.3 is 0 Å². The van der Waals surface area contributed by atoms with Crippen LogP contribution in [0.5, 0.6) is 0 Å². The van der Waals surface area contributed by atoms with Crippen molar-refractivity contribution < 1.29 is 9.18 Å². The summed E-state index contributed by atoms with van der Waals surface area (Å²) >= 11 is 0. The molecule has 1 amide bonds. The number of nitrogens with zero attached hydrogens (tertiary/aromatic N) is 4. The topological polar surface area (TPSA) is 98.2 Å². The fourth-order valence-electron chi connectivity index (χ4n) is 3.71. The van der Waals surface area contributed by atoms with Crippen LogP contribution in [-0.4, -0.2) is 33.3 Å². The second-order valence-electron chi connectivity index (χ2n) is 7.74. The molecule has 0 radical (unpaired) electrons. The molecule has 0 aliphatic rings. The van der Waals surface area contributed by atoms with E-state index in [1.165, 1.54) is 23.0 Å². The molecule has 0 saturated heterocycles. The molecule has 0 fully saturated rings. The van der Waals surface area contributed by atoms with E-state index in [1.54, 1.807) is 12.1 Å². The average molecular weight is 452 g/mol. The molecule has 5 aromatic rings. The van der Waals surface area contributed by atoms with Crippen molar-refractivity contribution in [1.82, 2.24) is 20.0 Å². The molecule has 3 N–H and O–H groups in total. The van der Waals surface area contributed by atoms with Gasteiger partial charge in [0.1, 0.15) is 22.7 Å². The summed E-state index contributed by atoms with van der Waals surface area (Å²) in [5, 5.41) is 7.36. The number of hydrogen-bond acceptors (Lipinski definition) is 5. The van der Waals surface area contributed by atoms with Crippen LogP contribution in [0.15, 0.2) is 84.0 Å². The zero-order chi connectivity index (χ0) is 23.5. The molecule has 0 saturated carbocycles. The Labute approximate surface area is 194 Å². The third-order valence-corrected chi connectivity index (χ3v) is 5.44. The number of amides is 1. The maximum Gasteiger partial charge on any atom is 0.257 e. The molecule has 0 unspecified atom stereocenters. The zero-order valence-electron chi connectivity index (χ0n) is 18.1. The van der Waals surface area contributed by atoms with Gasteiger partial charge in [-0.3, -0.25) is 4.79 Å². The van der Waals surface area contributed by atoms with E-state index in [9.17, 15) is 9.18 Å². The second kappa shape index (κ2) is 9.11. The van der Waals surface area contributed by atoms with Gasteiger partial charge in [0.2, 0.25) is 0 Å². The smallest absolute Gasteiger partial charge is 0.257 e. The van der Waals surface area contributed by atoms with Gasteiger partial charge in [-0.2, -0.15) is 9.78 Å². The molecule has 2 aromatic heterocycles. The lowest BCUT2D eigenvalue weighted by Crippen LogP contribution is -2.26. The number of rotatable bonds is 6. The van der Waals surface area contributed by atoms with Crippen LogP contribution in [0.4, 0.5) is 10.2 Å². The number of halogens is 1. The highest BCUT2D eigenvalue weighted by molar-refractivity contribution is 6.10. The molecule has 34 heavy (non-hydrogen) atoms. The summed E-state index contributed by atoms with van der Waals surface area (Å²) in [7, 11) is 0. The highest BCUT2D eigenvalue weighted by atomic mass is 19.1. The molecule has 0 spiro atoms. The number of anilines is 1. The predicted octanol–water partition coefficient (Wildman–Crippen LogP) is 4.16. The molecule has 3 aromatic carbocycles. The predicted molar refractivity (Wildman–Crippen MR) is 131 cm³/mol. The molecule has 8 heteroatoms. The van der Waals surface area contributed by atoms with Crippen LogP contribution in [0.3, 0.4) is 0 Å². The Bertz CT molecular complexity index is 1510. The van der Waals surface area contributed by atoms with Gasteiger partial charge in [0, 0.05) is 6.54 Å². The summed E-state index contributed by atoms with van der Waals surface area (Å²) in [5.41, 5.74) is 10.4. The van der Waals surface area contributed by atoms with Gasteiger partial charge in [-0.05, 0) is 41.8 Å². The van der Waals surface area contributed by atoms with Gasteiger partial charge in [-0.15, -0.1) is 0 Å². The van der Waals surface area contributed by atoms with E-state index in [1.807, 2.05) is 54.6 Å². The van der Waals surface area contributed by atoms with Crippen molar-refractivity contribution in [2.45, 2.75) is 6.42 Å². The first kappa shape index (κ1) is 21.3. The van der Waals surface area contributed by atoms with Crippen LogP contribution in [0, 0.1) is 5.82 Å². The highest BCUT2D eigenvalue weighted by Crippen LogP contribution is 2.27. The lowest BCUT2D eigenvalue weighted by molar-refractivity contribution is 0.0956. The van der Waals surface area contributed by atoms with Gasteiger partial charge in [0.15, 0.2) is 5.65 Å². The van der Waals surface area contributed by atoms with E-state index < -0.39 is 0 Å². The zero-order valence-corrected chi connectivity index (χ0v) is 18.1. The quantitative estimate of drug-likeness (QED) is 0.378. The van der Waals surface area contributed by atoms with Crippen molar-refractivity contribution in [2.75, 3.05) is 12.3 Å². The van der Waals surface area contributed by atoms with Crippen LogP contribution >= 0.6 is 0 Å². The first-order valence-electron chi connectivity index (χ1n) is 10.8. The summed E-state index contributed by atoms with van der Waals surface area (Å²) in [6.07, 6.45) is 2.21. The normalized spacial score (nSPS) is 11.4. The summed E-state index contributed by atoms with van der Waals surface area (Å²) in [6.45, 7) is 0.439. The molecule has 2 heterocycles. The van der Waals surface area contributed by atoms with Crippen LogP contribution in [0.2, 0.25) is 0 Å². The Morgan fingerprint density at radius 2 is 1.65 bits per heavy atom. The largest absolute Gasteiger partial charge is 0.383 e. The number of nitrogens with one attached hydrogen (secondary N) is 1. The summed E-state index contributed by atoms with van der Waals surface area (Å²) < 4.78 is 14.6. The number of carbonyl (C=O) groups is 1. The first-order valence-corrected chi connectivity index (χ1v) is 10.8. The third kappa shape index (κ3) is 4.21. The van der Waals surface area contributed by atoms with Crippen molar-refractivity contribution in [1.29, 1.82) is 0 Å². The van der Waals surface area contributed by atoms with Crippen LogP contribution in [0.1, 0.15) is 21.5 Å². The van der Waals surface area contributed by atoms with Gasteiger partial charge in [0.25, 0.3) is 5.91 Å². The molecule has 7 nitrogen and oxygen atoms in total. The van der Waals surface area contributed by atoms with Crippen LogP contribution in [0.25, 0.3) is 22.2 Å². The van der Waals surface area contributed by atoms with Gasteiger partial charge in [-0.25, -0.2) is 14.4 Å². The summed E-state index contributed by atoms with van der Waals surface area (Å²) in [5.74, 6) is -0.561. The number of carbonyl (C=O) groups excluding carboxylic acids is 1. The van der Waals surface area contributed by atoms with E-state index in [4.69, 9.17) is 5.73 Å². The summed E-state index contributed by atoms with van der Waals surface area (Å²) in [6, 6.07) is 23.1. The summed E-state index contributed by atoms with van der Waals surface area (Å²) in [4.78, 5) is 22.5. The SMILES string of the molecule is Nc1c(C(=O)NCCc2ccccc2)c2nc3ccccc3nc2n1/N=C/c1ccc(F)cc1. The molecular formula is C26H21FN6O. The fourth-order valence-corrected chi connectivity index (χ4v) is 3.71. The van der Waals surface area contributed by atoms with Crippen molar-refractivity contribution in [3.63, 3.8) is 0 Å². The third-order valence-electron chi connectivity index (χ3n) is 5.44. The minimum Gasteiger partial charge on any atom is -0.383 e. The molecule has 0 aliphatic heterocycles. The lowest BCUT2D eigenvalue weighted by Gasteiger charge is -2.05. The number of aromatic nitrogens is 3. The standard InChI is InChI=1S/C26H21FN6O/c27-19-12-10-18(11-13-19)16-30-33-24(28)22(26(34)29-15-14-17-6-2-1-3-7-17)23-25(33)32-21-9-5-4-8-20(21)31-23/h1-13,16H,14-15,28H2,(H,29,34)/b30-16+. The Hall–Kier alpha value is -4.59. The Morgan fingerprint density at radius 3 is 2.38 bits per heavy atom. The van der Waals surface area contributed by atoms with E-state index in [2.05, 4.69) is 20.4 Å². The minimum absolute atomic E-state index is 0.126. The Balaban J connectivity index is 1.53. The molecule has 0 aliphatic carbocycles. The van der Waals surface area contributed by atoms with E-state index in [0.29, 0.717) is 40.7 Å². The van der Waals surface area contributed by atoms with Crippen LogP contribution < -0.4 is 11.1 Å². The van der Waals surface area contributed by atoms with Gasteiger partial charge < -0.3 is 11.1 Å². The van der Waals surface area contributed by atoms with Crippen molar-refractivity contribution >= 4 is 40.1 Å². The number of benzene rings is 3.